The number of carbonyl (C=O) groups excluding carboxylic acids is 2. The predicted molar refractivity (Wildman–Crippen MR) is 146 cm³/mol. The van der Waals surface area contributed by atoms with Crippen LogP contribution in [0.2, 0.25) is 5.02 Å². The average Bonchev–Trinajstić information content (AvgIpc) is 2.86. The van der Waals surface area contributed by atoms with Gasteiger partial charge in [-0.05, 0) is 48.2 Å². The second-order valence-electron chi connectivity index (χ2n) is 9.09. The standard InChI is InChI=1S/C29H33ClN2O2S/c1-21(2)18-31-29(34)27(17-23-7-5-4-6-8-23)32(19-24-11-13-25(30)14-12-24)28(33)20-35-26-15-9-22(3)10-16-26/h4-16,21,27H,17-20H2,1-3H3,(H,31,34). The maximum absolute atomic E-state index is 13.6. The maximum atomic E-state index is 13.6. The second kappa shape index (κ2) is 13.4. The van der Waals surface area contributed by atoms with Gasteiger partial charge in [0.25, 0.3) is 0 Å². The van der Waals surface area contributed by atoms with Crippen molar-refractivity contribution in [2.75, 3.05) is 12.3 Å². The molecule has 0 aliphatic heterocycles. The summed E-state index contributed by atoms with van der Waals surface area (Å²) in [6, 6.07) is 24.8. The fraction of sp³-hybridized carbons (Fsp3) is 0.310. The molecule has 184 valence electrons. The van der Waals surface area contributed by atoms with Crippen LogP contribution < -0.4 is 5.32 Å². The number of thioether (sulfide) groups is 1. The van der Waals surface area contributed by atoms with Crippen molar-refractivity contribution in [2.24, 2.45) is 5.92 Å². The third-order valence-corrected chi connectivity index (χ3v) is 6.85. The van der Waals surface area contributed by atoms with Crippen LogP contribution in [0.5, 0.6) is 0 Å². The van der Waals surface area contributed by atoms with Crippen LogP contribution in [0.1, 0.15) is 30.5 Å². The largest absolute Gasteiger partial charge is 0.354 e. The minimum absolute atomic E-state index is 0.0776. The molecule has 0 radical (unpaired) electrons. The Balaban J connectivity index is 1.88. The van der Waals surface area contributed by atoms with Crippen LogP contribution in [0, 0.1) is 12.8 Å². The summed E-state index contributed by atoms with van der Waals surface area (Å²) < 4.78 is 0. The first-order chi connectivity index (χ1) is 16.8. The van der Waals surface area contributed by atoms with Gasteiger partial charge in [0, 0.05) is 29.4 Å². The number of rotatable bonds is 11. The van der Waals surface area contributed by atoms with E-state index >= 15 is 0 Å². The van der Waals surface area contributed by atoms with Crippen molar-refractivity contribution in [1.82, 2.24) is 10.2 Å². The van der Waals surface area contributed by atoms with Gasteiger partial charge in [-0.3, -0.25) is 9.59 Å². The topological polar surface area (TPSA) is 49.4 Å². The lowest BCUT2D eigenvalue weighted by Gasteiger charge is -2.32. The van der Waals surface area contributed by atoms with Crippen LogP contribution in [0.25, 0.3) is 0 Å². The molecule has 3 aromatic carbocycles. The molecule has 0 spiro atoms. The Morgan fingerprint density at radius 1 is 0.914 bits per heavy atom. The van der Waals surface area contributed by atoms with Crippen molar-refractivity contribution >= 4 is 35.2 Å². The maximum Gasteiger partial charge on any atom is 0.243 e. The number of halogens is 1. The van der Waals surface area contributed by atoms with Crippen LogP contribution in [0.4, 0.5) is 0 Å². The lowest BCUT2D eigenvalue weighted by molar-refractivity contribution is -0.139. The van der Waals surface area contributed by atoms with Crippen molar-refractivity contribution in [3.8, 4) is 0 Å². The number of benzene rings is 3. The van der Waals surface area contributed by atoms with Crippen molar-refractivity contribution in [3.05, 3.63) is 101 Å². The average molecular weight is 509 g/mol. The lowest BCUT2D eigenvalue weighted by atomic mass is 10.0. The van der Waals surface area contributed by atoms with E-state index in [1.807, 2.05) is 85.8 Å². The van der Waals surface area contributed by atoms with E-state index in [-0.39, 0.29) is 17.6 Å². The molecular formula is C29H33ClN2O2S. The second-order valence-corrected chi connectivity index (χ2v) is 10.6. The summed E-state index contributed by atoms with van der Waals surface area (Å²) in [6.07, 6.45) is 0.444. The Morgan fingerprint density at radius 2 is 1.57 bits per heavy atom. The molecule has 0 bridgehead atoms. The van der Waals surface area contributed by atoms with Crippen molar-refractivity contribution in [3.63, 3.8) is 0 Å². The molecule has 35 heavy (non-hydrogen) atoms. The molecule has 0 aliphatic carbocycles. The molecule has 4 nitrogen and oxygen atoms in total. The first-order valence-corrected chi connectivity index (χ1v) is 13.2. The smallest absolute Gasteiger partial charge is 0.243 e. The molecule has 3 rings (SSSR count). The van der Waals surface area contributed by atoms with E-state index in [0.29, 0.717) is 30.5 Å². The highest BCUT2D eigenvalue weighted by Gasteiger charge is 2.30. The number of aryl methyl sites for hydroxylation is 1. The van der Waals surface area contributed by atoms with Gasteiger partial charge >= 0.3 is 0 Å². The molecule has 2 amide bonds. The highest BCUT2D eigenvalue weighted by molar-refractivity contribution is 8.00. The van der Waals surface area contributed by atoms with Gasteiger partial charge in [-0.25, -0.2) is 0 Å². The lowest BCUT2D eigenvalue weighted by Crippen LogP contribution is -2.51. The molecule has 1 N–H and O–H groups in total. The molecule has 1 unspecified atom stereocenters. The van der Waals surface area contributed by atoms with Gasteiger partial charge in [-0.15, -0.1) is 11.8 Å². The Hall–Kier alpha value is -2.76. The van der Waals surface area contributed by atoms with Gasteiger partial charge in [0.1, 0.15) is 6.04 Å². The fourth-order valence-electron chi connectivity index (χ4n) is 3.63. The summed E-state index contributed by atoms with van der Waals surface area (Å²) in [5.41, 5.74) is 3.12. The summed E-state index contributed by atoms with van der Waals surface area (Å²) in [5, 5.41) is 3.69. The number of hydrogen-bond donors (Lipinski definition) is 1. The van der Waals surface area contributed by atoms with E-state index in [9.17, 15) is 9.59 Å². The van der Waals surface area contributed by atoms with E-state index in [1.54, 1.807) is 4.90 Å². The number of nitrogens with zero attached hydrogens (tertiary/aromatic N) is 1. The highest BCUT2D eigenvalue weighted by Crippen LogP contribution is 2.22. The van der Waals surface area contributed by atoms with Crippen molar-refractivity contribution in [1.29, 1.82) is 0 Å². The Morgan fingerprint density at radius 3 is 2.20 bits per heavy atom. The van der Waals surface area contributed by atoms with E-state index < -0.39 is 6.04 Å². The molecule has 0 saturated heterocycles. The Labute approximate surface area is 218 Å². The molecule has 0 aliphatic rings. The Kier molecular flexibility index (Phi) is 10.2. The third-order valence-electron chi connectivity index (χ3n) is 5.61. The predicted octanol–water partition coefficient (Wildman–Crippen LogP) is 6.15. The normalized spacial score (nSPS) is 11.8. The molecule has 1 atom stereocenters. The van der Waals surface area contributed by atoms with Gasteiger partial charge in [-0.2, -0.15) is 0 Å². The van der Waals surface area contributed by atoms with Crippen LogP contribution in [0.3, 0.4) is 0 Å². The zero-order valence-electron chi connectivity index (χ0n) is 20.5. The SMILES string of the molecule is Cc1ccc(SCC(=O)N(Cc2ccc(Cl)cc2)C(Cc2ccccc2)C(=O)NCC(C)C)cc1. The van der Waals surface area contributed by atoms with Crippen LogP contribution in [-0.4, -0.2) is 35.1 Å². The van der Waals surface area contributed by atoms with Crippen molar-refractivity contribution < 1.29 is 9.59 Å². The van der Waals surface area contributed by atoms with E-state index in [2.05, 4.69) is 19.2 Å². The third kappa shape index (κ3) is 8.75. The first-order valence-electron chi connectivity index (χ1n) is 11.9. The minimum Gasteiger partial charge on any atom is -0.354 e. The molecule has 0 aromatic heterocycles. The van der Waals surface area contributed by atoms with E-state index in [1.165, 1.54) is 17.3 Å². The summed E-state index contributed by atoms with van der Waals surface area (Å²) in [4.78, 5) is 29.8. The monoisotopic (exact) mass is 508 g/mol. The zero-order valence-corrected chi connectivity index (χ0v) is 22.1. The van der Waals surface area contributed by atoms with E-state index in [0.717, 1.165) is 16.0 Å². The van der Waals surface area contributed by atoms with Crippen molar-refractivity contribution in [2.45, 2.75) is 44.7 Å². The zero-order chi connectivity index (χ0) is 25.2. The summed E-state index contributed by atoms with van der Waals surface area (Å²) in [7, 11) is 0. The number of hydrogen-bond acceptors (Lipinski definition) is 3. The Bertz CT molecular complexity index is 1090. The first kappa shape index (κ1) is 26.8. The number of nitrogens with one attached hydrogen (secondary N) is 1. The van der Waals surface area contributed by atoms with Gasteiger partial charge < -0.3 is 10.2 Å². The molecule has 3 aromatic rings. The van der Waals surface area contributed by atoms with Crippen LogP contribution in [-0.2, 0) is 22.6 Å². The highest BCUT2D eigenvalue weighted by atomic mass is 35.5. The van der Waals surface area contributed by atoms with Gasteiger partial charge in [0.05, 0.1) is 5.75 Å². The number of carbonyl (C=O) groups is 2. The van der Waals surface area contributed by atoms with Gasteiger partial charge in [-0.1, -0.05) is 85.6 Å². The quantitative estimate of drug-likeness (QED) is 0.316. The summed E-state index contributed by atoms with van der Waals surface area (Å²) >= 11 is 7.57. The summed E-state index contributed by atoms with van der Waals surface area (Å²) in [5.74, 6) is 0.351. The molecule has 0 saturated carbocycles. The molecule has 0 fully saturated rings. The molecular weight excluding hydrogens is 476 g/mol. The summed E-state index contributed by atoms with van der Waals surface area (Å²) in [6.45, 7) is 7.04. The molecule has 0 heterocycles. The van der Waals surface area contributed by atoms with Gasteiger partial charge in [0.2, 0.25) is 11.8 Å². The fourth-order valence-corrected chi connectivity index (χ4v) is 4.54. The minimum atomic E-state index is -0.627. The van der Waals surface area contributed by atoms with Crippen LogP contribution >= 0.6 is 23.4 Å². The molecule has 6 heteroatoms. The van der Waals surface area contributed by atoms with Gasteiger partial charge in [0.15, 0.2) is 0 Å². The van der Waals surface area contributed by atoms with Crippen LogP contribution in [0.15, 0.2) is 83.8 Å². The number of amides is 2. The van der Waals surface area contributed by atoms with E-state index in [4.69, 9.17) is 11.6 Å².